The number of amides is 1. The molecule has 3 heterocycles. The second-order valence-electron chi connectivity index (χ2n) is 4.09. The Morgan fingerprint density at radius 3 is 2.61 bits per heavy atom. The Morgan fingerprint density at radius 1 is 1.17 bits per heavy atom. The van der Waals surface area contributed by atoms with Gasteiger partial charge in [0.1, 0.15) is 0 Å². The third-order valence-corrected chi connectivity index (χ3v) is 2.85. The average Bonchev–Trinajstić information content (AvgIpc) is 2.94. The van der Waals surface area contributed by atoms with Gasteiger partial charge in [-0.1, -0.05) is 0 Å². The van der Waals surface area contributed by atoms with E-state index in [1.165, 1.54) is 0 Å². The summed E-state index contributed by atoms with van der Waals surface area (Å²) in [5.41, 5.74) is 5.12. The lowest BCUT2D eigenvalue weighted by Crippen LogP contribution is -2.26. The van der Waals surface area contributed by atoms with Crippen molar-refractivity contribution in [3.63, 3.8) is 0 Å². The van der Waals surface area contributed by atoms with E-state index in [0.29, 0.717) is 12.8 Å². The largest absolute Gasteiger partial charge is 0.322 e. The molecule has 0 fully saturated rings. The van der Waals surface area contributed by atoms with Gasteiger partial charge in [-0.15, -0.1) is 0 Å². The Labute approximate surface area is 104 Å². The zero-order valence-electron chi connectivity index (χ0n) is 9.71. The van der Waals surface area contributed by atoms with Gasteiger partial charge in [-0.25, -0.2) is 5.43 Å². The van der Waals surface area contributed by atoms with Crippen LogP contribution in [0.3, 0.4) is 0 Å². The minimum Gasteiger partial charge on any atom is -0.322 e. The number of pyridine rings is 1. The van der Waals surface area contributed by atoms with Crippen molar-refractivity contribution in [1.82, 2.24) is 15.0 Å². The van der Waals surface area contributed by atoms with E-state index < -0.39 is 0 Å². The van der Waals surface area contributed by atoms with Gasteiger partial charge in [0.05, 0.1) is 23.3 Å². The molecule has 1 N–H and O–H groups in total. The molecular weight excluding hydrogens is 228 g/mol. The van der Waals surface area contributed by atoms with Crippen LogP contribution in [0, 0.1) is 0 Å². The quantitative estimate of drug-likeness (QED) is 0.864. The zero-order chi connectivity index (χ0) is 12.4. The van der Waals surface area contributed by atoms with Crippen LogP contribution in [-0.4, -0.2) is 21.2 Å². The first kappa shape index (κ1) is 10.7. The van der Waals surface area contributed by atoms with Gasteiger partial charge in [0.25, 0.3) is 0 Å². The Kier molecular flexibility index (Phi) is 2.64. The lowest BCUT2D eigenvalue weighted by molar-refractivity contribution is -0.121. The van der Waals surface area contributed by atoms with Gasteiger partial charge >= 0.3 is 0 Å². The summed E-state index contributed by atoms with van der Waals surface area (Å²) in [5.74, 6) is -0.0392. The third kappa shape index (κ3) is 2.02. The van der Waals surface area contributed by atoms with Crippen LogP contribution < -0.4 is 5.43 Å². The summed E-state index contributed by atoms with van der Waals surface area (Å²) < 4.78 is 1.99. The van der Waals surface area contributed by atoms with Crippen molar-refractivity contribution in [2.75, 3.05) is 0 Å². The summed E-state index contributed by atoms with van der Waals surface area (Å²) in [6, 6.07) is 7.84. The van der Waals surface area contributed by atoms with Gasteiger partial charge in [0, 0.05) is 25.2 Å². The molecule has 5 nitrogen and oxygen atoms in total. The number of rotatable bonds is 2. The maximum Gasteiger partial charge on any atom is 0.240 e. The third-order valence-electron chi connectivity index (χ3n) is 2.85. The molecule has 5 heteroatoms. The fraction of sp³-hybridized carbons (Fsp3) is 0.154. The molecule has 90 valence electrons. The number of aromatic nitrogens is 2. The summed E-state index contributed by atoms with van der Waals surface area (Å²) in [6.45, 7) is 0. The topological polar surface area (TPSA) is 59.3 Å². The predicted molar refractivity (Wildman–Crippen MR) is 67.5 cm³/mol. The van der Waals surface area contributed by atoms with Crippen molar-refractivity contribution in [2.24, 2.45) is 5.10 Å². The van der Waals surface area contributed by atoms with Gasteiger partial charge in [0.2, 0.25) is 5.91 Å². The Bertz CT molecular complexity index is 584. The van der Waals surface area contributed by atoms with Gasteiger partial charge < -0.3 is 4.57 Å². The van der Waals surface area contributed by atoms with Crippen molar-refractivity contribution in [3.05, 3.63) is 48.5 Å². The van der Waals surface area contributed by atoms with Crippen LogP contribution in [0.5, 0.6) is 0 Å². The predicted octanol–water partition coefficient (Wildman–Crippen LogP) is 1.49. The maximum absolute atomic E-state index is 11.0. The van der Waals surface area contributed by atoms with Crippen LogP contribution in [0.25, 0.3) is 5.69 Å². The molecule has 1 aliphatic rings. The fourth-order valence-electron chi connectivity index (χ4n) is 1.88. The number of carbonyl (C=O) groups excluding carboxylic acids is 1. The molecule has 1 aliphatic heterocycles. The molecule has 2 aromatic rings. The second-order valence-corrected chi connectivity index (χ2v) is 4.09. The van der Waals surface area contributed by atoms with Gasteiger partial charge in [-0.2, -0.15) is 5.10 Å². The number of nitrogens with zero attached hydrogens (tertiary/aromatic N) is 3. The summed E-state index contributed by atoms with van der Waals surface area (Å²) in [4.78, 5) is 15.4. The van der Waals surface area contributed by atoms with Crippen molar-refractivity contribution in [1.29, 1.82) is 0 Å². The van der Waals surface area contributed by atoms with Crippen molar-refractivity contribution < 1.29 is 4.79 Å². The minimum absolute atomic E-state index is 0.0392. The van der Waals surface area contributed by atoms with E-state index >= 15 is 0 Å². The van der Waals surface area contributed by atoms with Crippen LogP contribution >= 0.6 is 0 Å². The van der Waals surface area contributed by atoms with Crippen LogP contribution in [0.1, 0.15) is 18.5 Å². The standard InChI is InChI=1S/C13H12N4O/c18-13-6-5-12(15-16-13)11-4-3-10(9-14-11)17-7-1-2-8-17/h1-4,7-9H,5-6H2,(H,16,18). The molecule has 0 radical (unpaired) electrons. The van der Waals surface area contributed by atoms with Gasteiger partial charge in [0.15, 0.2) is 0 Å². The first-order chi connectivity index (χ1) is 8.83. The SMILES string of the molecule is O=C1CCC(c2ccc(-n3cccc3)cn2)=NN1. The number of hydrogen-bond acceptors (Lipinski definition) is 3. The lowest BCUT2D eigenvalue weighted by Gasteiger charge is -2.11. The molecule has 18 heavy (non-hydrogen) atoms. The highest BCUT2D eigenvalue weighted by Gasteiger charge is 2.13. The highest BCUT2D eigenvalue weighted by Crippen LogP contribution is 2.11. The lowest BCUT2D eigenvalue weighted by atomic mass is 10.1. The van der Waals surface area contributed by atoms with Crippen molar-refractivity contribution in [3.8, 4) is 5.69 Å². The average molecular weight is 240 g/mol. The van der Waals surface area contributed by atoms with Crippen LogP contribution in [0.15, 0.2) is 48.0 Å². The van der Waals surface area contributed by atoms with Gasteiger partial charge in [-0.05, 0) is 24.3 Å². The molecule has 0 aromatic carbocycles. The van der Waals surface area contributed by atoms with E-state index in [4.69, 9.17) is 0 Å². The smallest absolute Gasteiger partial charge is 0.240 e. The van der Waals surface area contributed by atoms with Crippen molar-refractivity contribution in [2.45, 2.75) is 12.8 Å². The summed E-state index contributed by atoms with van der Waals surface area (Å²) in [5, 5.41) is 4.02. The number of carbonyl (C=O) groups is 1. The molecule has 0 unspecified atom stereocenters. The molecule has 0 spiro atoms. The van der Waals surface area contributed by atoms with Crippen LogP contribution in [0.4, 0.5) is 0 Å². The summed E-state index contributed by atoms with van der Waals surface area (Å²) in [7, 11) is 0. The molecule has 0 bridgehead atoms. The summed E-state index contributed by atoms with van der Waals surface area (Å²) >= 11 is 0. The van der Waals surface area contributed by atoms with Crippen LogP contribution in [0.2, 0.25) is 0 Å². The second kappa shape index (κ2) is 4.44. The highest BCUT2D eigenvalue weighted by atomic mass is 16.2. The fourth-order valence-corrected chi connectivity index (χ4v) is 1.88. The molecule has 0 aliphatic carbocycles. The Hall–Kier alpha value is -2.43. The number of nitrogens with one attached hydrogen (secondary N) is 1. The van der Waals surface area contributed by atoms with E-state index in [-0.39, 0.29) is 5.91 Å². The molecule has 2 aromatic heterocycles. The summed E-state index contributed by atoms with van der Waals surface area (Å²) in [6.07, 6.45) is 6.85. The normalized spacial score (nSPS) is 15.1. The van der Waals surface area contributed by atoms with Crippen LogP contribution in [-0.2, 0) is 4.79 Å². The monoisotopic (exact) mass is 240 g/mol. The Morgan fingerprint density at radius 2 is 2.00 bits per heavy atom. The molecule has 0 saturated heterocycles. The molecule has 0 atom stereocenters. The van der Waals surface area contributed by atoms with E-state index in [0.717, 1.165) is 17.1 Å². The molecule has 3 rings (SSSR count). The highest BCUT2D eigenvalue weighted by molar-refractivity contribution is 6.02. The van der Waals surface area contributed by atoms with E-state index in [1.54, 1.807) is 6.20 Å². The van der Waals surface area contributed by atoms with E-state index in [1.807, 2.05) is 41.2 Å². The maximum atomic E-state index is 11.0. The Balaban J connectivity index is 1.85. The van der Waals surface area contributed by atoms with Gasteiger partial charge in [-0.3, -0.25) is 9.78 Å². The van der Waals surface area contributed by atoms with Crippen molar-refractivity contribution >= 4 is 11.6 Å². The zero-order valence-corrected chi connectivity index (χ0v) is 9.71. The van der Waals surface area contributed by atoms with E-state index in [2.05, 4.69) is 15.5 Å². The minimum atomic E-state index is -0.0392. The van der Waals surface area contributed by atoms with E-state index in [9.17, 15) is 4.79 Å². The molecule has 0 saturated carbocycles. The number of hydrogen-bond donors (Lipinski definition) is 1. The number of hydrazone groups is 1. The molecule has 1 amide bonds. The first-order valence-corrected chi connectivity index (χ1v) is 5.78. The molecular formula is C13H12N4O. The first-order valence-electron chi connectivity index (χ1n) is 5.78.